The van der Waals surface area contributed by atoms with Crippen molar-refractivity contribution < 1.29 is 30.0 Å². The molecule has 7 nitrogen and oxygen atoms in total. The fourth-order valence-electron chi connectivity index (χ4n) is 4.61. The van der Waals surface area contributed by atoms with E-state index in [0.29, 0.717) is 17.1 Å². The lowest BCUT2D eigenvalue weighted by atomic mass is 10.1. The van der Waals surface area contributed by atoms with Gasteiger partial charge < -0.3 is 4.74 Å². The van der Waals surface area contributed by atoms with Crippen LogP contribution in [0.4, 0.5) is 0 Å². The maximum Gasteiger partial charge on any atom is 0.192 e. The number of hydrogen-bond donors (Lipinski definition) is 0. The quantitative estimate of drug-likeness (QED) is 0.442. The molecule has 3 aliphatic rings. The van der Waals surface area contributed by atoms with Crippen LogP contribution >= 0.6 is 23.5 Å². The molecule has 0 aliphatic carbocycles. The summed E-state index contributed by atoms with van der Waals surface area (Å²) in [5, 5.41) is -0.953. The molecule has 0 N–H and O–H groups in total. The van der Waals surface area contributed by atoms with Crippen LogP contribution in [0.1, 0.15) is 21.6 Å². The van der Waals surface area contributed by atoms with Gasteiger partial charge in [0.1, 0.15) is 22.5 Å². The van der Waals surface area contributed by atoms with Crippen LogP contribution in [0.25, 0.3) is 0 Å². The second-order valence-electron chi connectivity index (χ2n) is 8.76. The van der Waals surface area contributed by atoms with Gasteiger partial charge in [-0.1, -0.05) is 24.3 Å². The monoisotopic (exact) mass is 580 g/mol. The lowest BCUT2D eigenvalue weighted by molar-refractivity contribution is 0.294. The molecule has 3 aliphatic heterocycles. The number of sulfone groups is 3. The van der Waals surface area contributed by atoms with Gasteiger partial charge in [0.25, 0.3) is 0 Å². The Labute approximate surface area is 218 Å². The average molecular weight is 581 g/mol. The second-order valence-corrected chi connectivity index (χ2v) is 17.3. The maximum atomic E-state index is 13.3. The van der Waals surface area contributed by atoms with E-state index >= 15 is 0 Å². The van der Waals surface area contributed by atoms with Crippen molar-refractivity contribution in [3.63, 3.8) is 0 Å². The number of hydrogen-bond acceptors (Lipinski definition) is 9. The van der Waals surface area contributed by atoms with Crippen molar-refractivity contribution in [2.45, 2.75) is 35.0 Å². The standard InChI is InChI=1S/C24H20O7S5/c25-34(26)9-10-35(27,28)23-12-15(6-8-22(23)34)20-14-32-18-7-5-16(11-19(18)33-20)24-13-31-17-3-1-2-4-21(17)36(24,29)30/h1-8,11-12,20,24H,9-10,13-14H2. The highest BCUT2D eigenvalue weighted by atomic mass is 32.2. The highest BCUT2D eigenvalue weighted by Crippen LogP contribution is 2.50. The molecule has 36 heavy (non-hydrogen) atoms. The Morgan fingerprint density at radius 3 is 2.25 bits per heavy atom. The van der Waals surface area contributed by atoms with Gasteiger partial charge in [0.2, 0.25) is 0 Å². The minimum Gasteiger partial charge on any atom is -0.490 e. The molecule has 0 saturated carbocycles. The molecule has 2 atom stereocenters. The number of benzene rings is 3. The van der Waals surface area contributed by atoms with Gasteiger partial charge in [0, 0.05) is 20.8 Å². The molecule has 3 aromatic carbocycles. The van der Waals surface area contributed by atoms with Gasteiger partial charge in [-0.3, -0.25) is 0 Å². The highest BCUT2D eigenvalue weighted by Gasteiger charge is 2.38. The molecule has 3 heterocycles. The number of thioether (sulfide) groups is 2. The lowest BCUT2D eigenvalue weighted by Gasteiger charge is -2.28. The van der Waals surface area contributed by atoms with Crippen molar-refractivity contribution in [2.24, 2.45) is 0 Å². The molecule has 3 aromatic rings. The summed E-state index contributed by atoms with van der Waals surface area (Å²) in [6.07, 6.45) is 0. The van der Waals surface area contributed by atoms with Crippen LogP contribution in [-0.4, -0.2) is 49.1 Å². The van der Waals surface area contributed by atoms with E-state index in [1.165, 1.54) is 23.9 Å². The second kappa shape index (κ2) is 8.52. The van der Waals surface area contributed by atoms with Crippen LogP contribution in [0.3, 0.4) is 0 Å². The Kier molecular flexibility index (Phi) is 5.76. The number of rotatable bonds is 2. The highest BCUT2D eigenvalue weighted by molar-refractivity contribution is 8.05. The van der Waals surface area contributed by atoms with Gasteiger partial charge in [0.05, 0.1) is 21.3 Å². The van der Waals surface area contributed by atoms with Crippen molar-refractivity contribution in [1.82, 2.24) is 0 Å². The minimum atomic E-state index is -3.67. The van der Waals surface area contributed by atoms with Crippen LogP contribution in [0.15, 0.2) is 85.1 Å². The number of para-hydroxylation sites is 1. The predicted octanol–water partition coefficient (Wildman–Crippen LogP) is 4.09. The van der Waals surface area contributed by atoms with Crippen molar-refractivity contribution >= 4 is 53.0 Å². The van der Waals surface area contributed by atoms with Crippen molar-refractivity contribution in [3.05, 3.63) is 71.8 Å². The molecule has 2 unspecified atom stereocenters. The van der Waals surface area contributed by atoms with Crippen molar-refractivity contribution in [1.29, 1.82) is 0 Å². The Morgan fingerprint density at radius 1 is 0.722 bits per heavy atom. The summed E-state index contributed by atoms with van der Waals surface area (Å²) < 4.78 is 82.4. The van der Waals surface area contributed by atoms with E-state index in [2.05, 4.69) is 0 Å². The van der Waals surface area contributed by atoms with Crippen molar-refractivity contribution in [2.75, 3.05) is 23.9 Å². The first-order valence-electron chi connectivity index (χ1n) is 11.0. The van der Waals surface area contributed by atoms with Crippen LogP contribution in [0.2, 0.25) is 0 Å². The smallest absolute Gasteiger partial charge is 0.192 e. The number of fused-ring (bicyclic) bond motifs is 3. The molecule has 0 spiro atoms. The SMILES string of the molecule is O=S1(=O)CCS(=O)(=O)c2cc(C3CSc4ccc(C5COc6ccccc6S5(=O)=O)cc4S3)ccc21. The maximum absolute atomic E-state index is 13.3. The van der Waals surface area contributed by atoms with E-state index < -0.39 is 46.3 Å². The fraction of sp³-hybridized carbons (Fsp3) is 0.250. The van der Waals surface area contributed by atoms with E-state index in [4.69, 9.17) is 4.74 Å². The first-order valence-corrected chi connectivity index (χ1v) is 17.8. The molecule has 12 heteroatoms. The lowest BCUT2D eigenvalue weighted by Crippen LogP contribution is -2.26. The van der Waals surface area contributed by atoms with Gasteiger partial charge in [-0.15, -0.1) is 23.5 Å². The van der Waals surface area contributed by atoms with Gasteiger partial charge in [-0.05, 0) is 47.5 Å². The Bertz CT molecular complexity index is 1730. The molecular weight excluding hydrogens is 561 g/mol. The largest absolute Gasteiger partial charge is 0.490 e. The Hall–Kier alpha value is -1.99. The van der Waals surface area contributed by atoms with Gasteiger partial charge in [-0.25, -0.2) is 25.3 Å². The molecule has 0 aromatic heterocycles. The Morgan fingerprint density at radius 2 is 1.44 bits per heavy atom. The van der Waals surface area contributed by atoms with E-state index in [1.54, 1.807) is 42.1 Å². The summed E-state index contributed by atoms with van der Waals surface area (Å²) in [5.74, 6) is 0.220. The summed E-state index contributed by atoms with van der Waals surface area (Å²) in [5.41, 5.74) is 1.36. The van der Waals surface area contributed by atoms with E-state index in [9.17, 15) is 25.3 Å². The minimum absolute atomic E-state index is 0.0243. The van der Waals surface area contributed by atoms with E-state index in [-0.39, 0.29) is 26.5 Å². The van der Waals surface area contributed by atoms with Gasteiger partial charge in [-0.2, -0.15) is 0 Å². The summed E-state index contributed by atoms with van der Waals surface area (Å²) in [4.78, 5) is 1.85. The van der Waals surface area contributed by atoms with Gasteiger partial charge in [0.15, 0.2) is 29.5 Å². The zero-order valence-corrected chi connectivity index (χ0v) is 22.7. The summed E-state index contributed by atoms with van der Waals surface area (Å²) in [7, 11) is -10.9. The first kappa shape index (κ1) is 24.4. The zero-order valence-electron chi connectivity index (χ0n) is 18.7. The zero-order chi connectivity index (χ0) is 25.3. The molecule has 0 radical (unpaired) electrons. The molecule has 188 valence electrons. The average Bonchev–Trinajstić information content (AvgIpc) is 2.86. The molecule has 6 rings (SSSR count). The summed E-state index contributed by atoms with van der Waals surface area (Å²) in [6, 6.07) is 16.8. The van der Waals surface area contributed by atoms with Gasteiger partial charge >= 0.3 is 0 Å². The molecule has 0 amide bonds. The topological polar surface area (TPSA) is 112 Å². The van der Waals surface area contributed by atoms with Crippen LogP contribution in [0, 0.1) is 0 Å². The third-order valence-electron chi connectivity index (χ3n) is 6.55. The molecule has 0 bridgehead atoms. The van der Waals surface area contributed by atoms with Crippen LogP contribution in [0.5, 0.6) is 5.75 Å². The fourth-order valence-corrected chi connectivity index (χ4v) is 13.3. The first-order chi connectivity index (χ1) is 17.1. The molecule has 0 fully saturated rings. The Balaban J connectivity index is 1.34. The molecule has 0 saturated heterocycles. The summed E-state index contributed by atoms with van der Waals surface area (Å²) in [6.45, 7) is 0.0243. The predicted molar refractivity (Wildman–Crippen MR) is 138 cm³/mol. The normalized spacial score (nSPS) is 25.0. The van der Waals surface area contributed by atoms with E-state index in [0.717, 1.165) is 15.4 Å². The third kappa shape index (κ3) is 3.97. The van der Waals surface area contributed by atoms with Crippen LogP contribution < -0.4 is 4.74 Å². The van der Waals surface area contributed by atoms with E-state index in [1.807, 2.05) is 18.2 Å². The number of ether oxygens (including phenoxy) is 1. The summed E-state index contributed by atoms with van der Waals surface area (Å²) >= 11 is 3.13. The third-order valence-corrected chi connectivity index (χ3v) is 15.4. The molecular formula is C24H20O7S5. The van der Waals surface area contributed by atoms with Crippen molar-refractivity contribution in [3.8, 4) is 5.75 Å². The van der Waals surface area contributed by atoms with Crippen LogP contribution in [-0.2, 0) is 29.5 Å².